The second-order valence-electron chi connectivity index (χ2n) is 10.9. The molecule has 2 aliphatic heterocycles. The molecule has 4 atom stereocenters. The van der Waals surface area contributed by atoms with E-state index in [1.165, 1.54) is 30.5 Å². The molecule has 0 N–H and O–H groups in total. The predicted molar refractivity (Wildman–Crippen MR) is 125 cm³/mol. The van der Waals surface area contributed by atoms with Crippen LogP contribution in [0.3, 0.4) is 0 Å². The Morgan fingerprint density at radius 1 is 1.00 bits per heavy atom. The number of hydrogen-bond donors (Lipinski definition) is 0. The Kier molecular flexibility index (Phi) is 4.38. The number of fused-ring (bicyclic) bond motifs is 2. The Morgan fingerprint density at radius 2 is 1.78 bits per heavy atom. The topological polar surface area (TPSA) is 34.2 Å². The Labute approximate surface area is 191 Å². The summed E-state index contributed by atoms with van der Waals surface area (Å²) >= 11 is 0. The SMILES string of the molecule is COc1ccc(N2CN3O[C@]4(CC[C@H]5C[C@H]4C5(C)C)C[C@@]3(c3cccc(OC)c3)C2)cc1. The van der Waals surface area contributed by atoms with Crippen molar-refractivity contribution in [3.63, 3.8) is 0 Å². The van der Waals surface area contributed by atoms with Crippen LogP contribution in [0.2, 0.25) is 0 Å². The number of anilines is 1. The van der Waals surface area contributed by atoms with Gasteiger partial charge in [0.15, 0.2) is 0 Å². The first kappa shape index (κ1) is 20.4. The van der Waals surface area contributed by atoms with Crippen LogP contribution < -0.4 is 14.4 Å². The highest BCUT2D eigenvalue weighted by molar-refractivity contribution is 5.52. The van der Waals surface area contributed by atoms with E-state index in [-0.39, 0.29) is 11.1 Å². The van der Waals surface area contributed by atoms with Gasteiger partial charge < -0.3 is 14.4 Å². The quantitative estimate of drug-likeness (QED) is 0.660. The highest BCUT2D eigenvalue weighted by Crippen LogP contribution is 2.69. The molecule has 2 heterocycles. The molecule has 2 saturated heterocycles. The average molecular weight is 435 g/mol. The first-order valence-electron chi connectivity index (χ1n) is 11.9. The van der Waals surface area contributed by atoms with Crippen molar-refractivity contribution in [2.45, 2.75) is 50.7 Å². The number of hydroxylamine groups is 2. The molecule has 3 saturated carbocycles. The lowest BCUT2D eigenvalue weighted by molar-refractivity contribution is -0.285. The first-order valence-corrected chi connectivity index (χ1v) is 11.9. The van der Waals surface area contributed by atoms with Gasteiger partial charge in [-0.15, -0.1) is 0 Å². The van der Waals surface area contributed by atoms with Gasteiger partial charge in [0.1, 0.15) is 11.5 Å². The van der Waals surface area contributed by atoms with Crippen molar-refractivity contribution >= 4 is 5.69 Å². The Bertz CT molecular complexity index is 1020. The van der Waals surface area contributed by atoms with Gasteiger partial charge in [-0.2, -0.15) is 5.06 Å². The van der Waals surface area contributed by atoms with E-state index in [0.29, 0.717) is 11.3 Å². The lowest BCUT2D eigenvalue weighted by Gasteiger charge is -2.63. The third-order valence-corrected chi connectivity index (χ3v) is 9.18. The van der Waals surface area contributed by atoms with Crippen LogP contribution in [0.1, 0.15) is 45.1 Å². The van der Waals surface area contributed by atoms with Gasteiger partial charge in [-0.1, -0.05) is 26.0 Å². The average Bonchev–Trinajstić information content (AvgIpc) is 3.31. The predicted octanol–water partition coefficient (Wildman–Crippen LogP) is 5.21. The molecular weight excluding hydrogens is 400 g/mol. The molecular formula is C27H34N2O3. The molecule has 1 spiro atoms. The maximum atomic E-state index is 7.05. The summed E-state index contributed by atoms with van der Waals surface area (Å²) in [7, 11) is 3.46. The summed E-state index contributed by atoms with van der Waals surface area (Å²) < 4.78 is 11.0. The first-order chi connectivity index (χ1) is 15.4. The fraction of sp³-hybridized carbons (Fsp3) is 0.556. The summed E-state index contributed by atoms with van der Waals surface area (Å²) in [5, 5.41) is 2.31. The summed E-state index contributed by atoms with van der Waals surface area (Å²) in [5.74, 6) is 3.29. The molecule has 2 aromatic carbocycles. The molecule has 7 rings (SSSR count). The third kappa shape index (κ3) is 2.70. The van der Waals surface area contributed by atoms with Crippen molar-refractivity contribution in [2.24, 2.45) is 17.3 Å². The molecule has 5 nitrogen and oxygen atoms in total. The van der Waals surface area contributed by atoms with Crippen LogP contribution >= 0.6 is 0 Å². The second kappa shape index (κ2) is 6.88. The van der Waals surface area contributed by atoms with Crippen molar-refractivity contribution in [3.8, 4) is 11.5 Å². The number of benzene rings is 2. The van der Waals surface area contributed by atoms with E-state index in [0.717, 1.165) is 37.1 Å². The number of nitrogens with zero attached hydrogens (tertiary/aromatic N) is 2. The molecule has 3 aliphatic carbocycles. The zero-order valence-electron chi connectivity index (χ0n) is 19.6. The van der Waals surface area contributed by atoms with E-state index in [4.69, 9.17) is 14.3 Å². The standard InChI is InChI=1S/C27H34N2O3/c1-25(2)19-12-13-27(24(25)15-19)16-26(20-6-5-7-23(14-20)31-4)17-28(18-29(26)32-27)21-8-10-22(30-3)11-9-21/h5-11,14,19,24H,12-13,15-18H2,1-4H3/t19-,24-,26-,27+/m0/s1. The summed E-state index contributed by atoms with van der Waals surface area (Å²) in [4.78, 5) is 9.49. The molecule has 0 aromatic heterocycles. The highest BCUT2D eigenvalue weighted by atomic mass is 16.7. The van der Waals surface area contributed by atoms with Crippen molar-refractivity contribution in [1.82, 2.24) is 5.06 Å². The maximum Gasteiger partial charge on any atom is 0.119 e. The van der Waals surface area contributed by atoms with E-state index in [1.807, 2.05) is 18.2 Å². The summed E-state index contributed by atoms with van der Waals surface area (Å²) in [6.45, 7) is 6.59. The Morgan fingerprint density at radius 3 is 2.47 bits per heavy atom. The molecule has 5 heteroatoms. The van der Waals surface area contributed by atoms with E-state index in [9.17, 15) is 0 Å². The molecule has 0 amide bonds. The van der Waals surface area contributed by atoms with Gasteiger partial charge in [0.05, 0.1) is 32.0 Å². The van der Waals surface area contributed by atoms with Crippen LogP contribution in [0.5, 0.6) is 11.5 Å². The molecule has 0 radical (unpaired) electrons. The van der Waals surface area contributed by atoms with Crippen LogP contribution in [0, 0.1) is 17.3 Å². The zero-order valence-corrected chi connectivity index (χ0v) is 19.6. The Hall–Kier alpha value is -2.24. The van der Waals surface area contributed by atoms with E-state index >= 15 is 0 Å². The van der Waals surface area contributed by atoms with Crippen LogP contribution in [0.15, 0.2) is 48.5 Å². The van der Waals surface area contributed by atoms with E-state index in [1.54, 1.807) is 14.2 Å². The minimum Gasteiger partial charge on any atom is -0.497 e. The lowest BCUT2D eigenvalue weighted by Crippen LogP contribution is -2.62. The van der Waals surface area contributed by atoms with Gasteiger partial charge in [-0.25, -0.2) is 0 Å². The summed E-state index contributed by atoms with van der Waals surface area (Å²) in [5.41, 5.74) is 2.65. The van der Waals surface area contributed by atoms with Crippen LogP contribution in [0.4, 0.5) is 5.69 Å². The number of hydrogen-bond acceptors (Lipinski definition) is 5. The van der Waals surface area contributed by atoms with Gasteiger partial charge in [-0.3, -0.25) is 4.84 Å². The van der Waals surface area contributed by atoms with Gasteiger partial charge >= 0.3 is 0 Å². The van der Waals surface area contributed by atoms with Crippen LogP contribution in [-0.2, 0) is 10.4 Å². The van der Waals surface area contributed by atoms with Crippen molar-refractivity contribution in [3.05, 3.63) is 54.1 Å². The fourth-order valence-electron chi connectivity index (χ4n) is 7.27. The molecule has 5 fully saturated rings. The smallest absolute Gasteiger partial charge is 0.119 e. The number of rotatable bonds is 4. The second-order valence-corrected chi connectivity index (χ2v) is 10.9. The van der Waals surface area contributed by atoms with Gasteiger partial charge in [0, 0.05) is 18.7 Å². The monoisotopic (exact) mass is 434 g/mol. The molecule has 2 aromatic rings. The highest BCUT2D eigenvalue weighted by Gasteiger charge is 2.69. The van der Waals surface area contributed by atoms with Crippen molar-refractivity contribution < 1.29 is 14.3 Å². The van der Waals surface area contributed by atoms with Crippen LogP contribution in [-0.4, -0.2) is 38.1 Å². The molecule has 2 bridgehead atoms. The van der Waals surface area contributed by atoms with Gasteiger partial charge in [0.2, 0.25) is 0 Å². The molecule has 0 unspecified atom stereocenters. The van der Waals surface area contributed by atoms with Crippen molar-refractivity contribution in [2.75, 3.05) is 32.3 Å². The number of methoxy groups -OCH3 is 2. The maximum absolute atomic E-state index is 7.05. The third-order valence-electron chi connectivity index (χ3n) is 9.18. The minimum atomic E-state index is -0.174. The van der Waals surface area contributed by atoms with E-state index < -0.39 is 0 Å². The number of ether oxygens (including phenoxy) is 2. The van der Waals surface area contributed by atoms with E-state index in [2.05, 4.69) is 54.1 Å². The summed E-state index contributed by atoms with van der Waals surface area (Å²) in [6, 6.07) is 17.0. The molecule has 5 aliphatic rings. The van der Waals surface area contributed by atoms with Crippen molar-refractivity contribution in [1.29, 1.82) is 0 Å². The minimum absolute atomic E-state index is 0.0483. The normalized spacial score (nSPS) is 34.9. The van der Waals surface area contributed by atoms with Gasteiger partial charge in [-0.05, 0) is 78.5 Å². The lowest BCUT2D eigenvalue weighted by atomic mass is 9.43. The summed E-state index contributed by atoms with van der Waals surface area (Å²) in [6.07, 6.45) is 4.82. The Balaban J connectivity index is 1.38. The molecule has 170 valence electrons. The zero-order chi connectivity index (χ0) is 22.1. The largest absolute Gasteiger partial charge is 0.497 e. The fourth-order valence-corrected chi connectivity index (χ4v) is 7.27. The molecule has 32 heavy (non-hydrogen) atoms. The van der Waals surface area contributed by atoms with Crippen LogP contribution in [0.25, 0.3) is 0 Å². The van der Waals surface area contributed by atoms with Gasteiger partial charge in [0.25, 0.3) is 0 Å².